The SMILES string of the molecule is O=C(c1cc(F)c(Cl)cc1F)N1CCCC(Br)C1. The second kappa shape index (κ2) is 5.53. The molecule has 1 amide bonds. The van der Waals surface area contributed by atoms with Gasteiger partial charge in [-0.1, -0.05) is 27.5 Å². The summed E-state index contributed by atoms with van der Waals surface area (Å²) < 4.78 is 26.9. The predicted octanol–water partition coefficient (Wildman–Crippen LogP) is 3.62. The summed E-state index contributed by atoms with van der Waals surface area (Å²) in [7, 11) is 0. The summed E-state index contributed by atoms with van der Waals surface area (Å²) in [6, 6.07) is 1.69. The van der Waals surface area contributed by atoms with Gasteiger partial charge in [0.15, 0.2) is 0 Å². The molecule has 2 rings (SSSR count). The highest BCUT2D eigenvalue weighted by Gasteiger charge is 2.25. The van der Waals surface area contributed by atoms with E-state index in [0.717, 1.165) is 25.0 Å². The molecule has 0 aromatic heterocycles. The van der Waals surface area contributed by atoms with E-state index in [-0.39, 0.29) is 15.4 Å². The largest absolute Gasteiger partial charge is 0.337 e. The number of amides is 1. The van der Waals surface area contributed by atoms with Crippen molar-refractivity contribution in [3.8, 4) is 0 Å². The van der Waals surface area contributed by atoms with Crippen LogP contribution in [0.3, 0.4) is 0 Å². The van der Waals surface area contributed by atoms with Crippen molar-refractivity contribution < 1.29 is 13.6 Å². The van der Waals surface area contributed by atoms with E-state index in [1.54, 1.807) is 0 Å². The lowest BCUT2D eigenvalue weighted by Gasteiger charge is -2.30. The van der Waals surface area contributed by atoms with Crippen molar-refractivity contribution in [2.75, 3.05) is 13.1 Å². The highest BCUT2D eigenvalue weighted by atomic mass is 79.9. The van der Waals surface area contributed by atoms with Crippen molar-refractivity contribution in [3.05, 3.63) is 34.4 Å². The fraction of sp³-hybridized carbons (Fsp3) is 0.417. The molecular formula is C12H11BrClF2NO. The Morgan fingerprint density at radius 1 is 1.39 bits per heavy atom. The van der Waals surface area contributed by atoms with Crippen molar-refractivity contribution in [2.45, 2.75) is 17.7 Å². The Morgan fingerprint density at radius 2 is 2.11 bits per heavy atom. The van der Waals surface area contributed by atoms with Crippen LogP contribution in [0.5, 0.6) is 0 Å². The molecule has 0 bridgehead atoms. The zero-order chi connectivity index (χ0) is 13.3. The molecule has 1 heterocycles. The molecule has 6 heteroatoms. The molecule has 0 aliphatic carbocycles. The smallest absolute Gasteiger partial charge is 0.256 e. The van der Waals surface area contributed by atoms with Crippen LogP contribution < -0.4 is 0 Å². The Bertz CT molecular complexity index is 483. The first-order valence-corrected chi connectivity index (χ1v) is 6.86. The summed E-state index contributed by atoms with van der Waals surface area (Å²) in [6.07, 6.45) is 1.82. The summed E-state index contributed by atoms with van der Waals surface area (Å²) in [5.74, 6) is -2.07. The molecule has 18 heavy (non-hydrogen) atoms. The van der Waals surface area contributed by atoms with E-state index >= 15 is 0 Å². The zero-order valence-electron chi connectivity index (χ0n) is 9.43. The number of nitrogens with zero attached hydrogens (tertiary/aromatic N) is 1. The van der Waals surface area contributed by atoms with Crippen LogP contribution >= 0.6 is 27.5 Å². The maximum absolute atomic E-state index is 13.6. The summed E-state index contributed by atoms with van der Waals surface area (Å²) in [4.78, 5) is 13.8. The van der Waals surface area contributed by atoms with Crippen molar-refractivity contribution in [1.29, 1.82) is 0 Å². The third kappa shape index (κ3) is 2.83. The molecule has 2 nitrogen and oxygen atoms in total. The van der Waals surface area contributed by atoms with Gasteiger partial charge in [0.05, 0.1) is 10.6 Å². The number of hydrogen-bond acceptors (Lipinski definition) is 1. The second-order valence-corrected chi connectivity index (χ2v) is 5.94. The number of hydrogen-bond donors (Lipinski definition) is 0. The van der Waals surface area contributed by atoms with E-state index in [0.29, 0.717) is 13.1 Å². The fourth-order valence-corrected chi connectivity index (χ4v) is 2.79. The van der Waals surface area contributed by atoms with Crippen molar-refractivity contribution in [3.63, 3.8) is 0 Å². The average Bonchev–Trinajstić information content (AvgIpc) is 2.33. The Labute approximate surface area is 117 Å². The maximum atomic E-state index is 13.6. The topological polar surface area (TPSA) is 20.3 Å². The van der Waals surface area contributed by atoms with Gasteiger partial charge in [-0.25, -0.2) is 8.78 Å². The number of carbonyl (C=O) groups excluding carboxylic acids is 1. The summed E-state index contributed by atoms with van der Waals surface area (Å²) in [5.41, 5.74) is -0.265. The quantitative estimate of drug-likeness (QED) is 0.566. The number of likely N-dealkylation sites (tertiary alicyclic amines) is 1. The molecule has 1 saturated heterocycles. The lowest BCUT2D eigenvalue weighted by molar-refractivity contribution is 0.0724. The highest BCUT2D eigenvalue weighted by molar-refractivity contribution is 9.09. The van der Waals surface area contributed by atoms with Crippen LogP contribution in [0.2, 0.25) is 5.02 Å². The van der Waals surface area contributed by atoms with E-state index in [4.69, 9.17) is 11.6 Å². The standard InChI is InChI=1S/C12H11BrClF2NO/c13-7-2-1-3-17(6-7)12(18)8-4-11(16)9(14)5-10(8)15/h4-5,7H,1-3,6H2. The predicted molar refractivity (Wildman–Crippen MR) is 69.2 cm³/mol. The van der Waals surface area contributed by atoms with Gasteiger partial charge in [0.2, 0.25) is 0 Å². The molecule has 0 spiro atoms. The molecule has 1 aromatic rings. The molecule has 1 unspecified atom stereocenters. The monoisotopic (exact) mass is 337 g/mol. The normalized spacial score (nSPS) is 20.0. The molecule has 1 aliphatic rings. The molecule has 0 radical (unpaired) electrons. The van der Waals surface area contributed by atoms with Crippen LogP contribution in [0.1, 0.15) is 23.2 Å². The van der Waals surface area contributed by atoms with Gasteiger partial charge in [-0.05, 0) is 25.0 Å². The van der Waals surface area contributed by atoms with Crippen molar-refractivity contribution >= 4 is 33.4 Å². The molecular weight excluding hydrogens is 327 g/mol. The molecule has 0 saturated carbocycles. The summed E-state index contributed by atoms with van der Waals surface area (Å²) in [5, 5.41) is -0.318. The molecule has 0 N–H and O–H groups in total. The van der Waals surface area contributed by atoms with Crippen LogP contribution in [0.4, 0.5) is 8.78 Å². The zero-order valence-corrected chi connectivity index (χ0v) is 11.8. The maximum Gasteiger partial charge on any atom is 0.256 e. The Morgan fingerprint density at radius 3 is 2.78 bits per heavy atom. The van der Waals surface area contributed by atoms with Gasteiger partial charge in [0.25, 0.3) is 5.91 Å². The molecule has 1 aromatic carbocycles. The van der Waals surface area contributed by atoms with E-state index in [9.17, 15) is 13.6 Å². The van der Waals surface area contributed by atoms with E-state index in [2.05, 4.69) is 15.9 Å². The minimum absolute atomic E-state index is 0.204. The Hall–Kier alpha value is -0.680. The van der Waals surface area contributed by atoms with E-state index in [1.165, 1.54) is 4.90 Å². The van der Waals surface area contributed by atoms with Crippen LogP contribution in [0, 0.1) is 11.6 Å². The van der Waals surface area contributed by atoms with Gasteiger partial charge in [0.1, 0.15) is 11.6 Å². The molecule has 1 atom stereocenters. The van der Waals surface area contributed by atoms with E-state index in [1.807, 2.05) is 0 Å². The van der Waals surface area contributed by atoms with Crippen LogP contribution in [-0.2, 0) is 0 Å². The van der Waals surface area contributed by atoms with Gasteiger partial charge in [-0.15, -0.1) is 0 Å². The molecule has 98 valence electrons. The summed E-state index contributed by atoms with van der Waals surface area (Å²) >= 11 is 8.88. The van der Waals surface area contributed by atoms with Gasteiger partial charge in [0, 0.05) is 17.9 Å². The van der Waals surface area contributed by atoms with Crippen molar-refractivity contribution in [1.82, 2.24) is 4.90 Å². The van der Waals surface area contributed by atoms with Gasteiger partial charge in [-0.2, -0.15) is 0 Å². The van der Waals surface area contributed by atoms with E-state index < -0.39 is 17.5 Å². The number of rotatable bonds is 1. The first-order valence-electron chi connectivity index (χ1n) is 5.57. The molecule has 1 fully saturated rings. The third-order valence-corrected chi connectivity index (χ3v) is 3.93. The van der Waals surface area contributed by atoms with Gasteiger partial charge in [-0.3, -0.25) is 4.79 Å². The van der Waals surface area contributed by atoms with Crippen LogP contribution in [0.25, 0.3) is 0 Å². The highest BCUT2D eigenvalue weighted by Crippen LogP contribution is 2.23. The minimum Gasteiger partial charge on any atom is -0.337 e. The number of carbonyl (C=O) groups is 1. The first-order chi connectivity index (χ1) is 8.49. The summed E-state index contributed by atoms with van der Waals surface area (Å²) in [6.45, 7) is 1.06. The van der Waals surface area contributed by atoms with Gasteiger partial charge < -0.3 is 4.90 Å². The van der Waals surface area contributed by atoms with Crippen molar-refractivity contribution in [2.24, 2.45) is 0 Å². The Kier molecular flexibility index (Phi) is 4.22. The lowest BCUT2D eigenvalue weighted by atomic mass is 10.1. The third-order valence-electron chi connectivity index (χ3n) is 2.89. The number of benzene rings is 1. The second-order valence-electron chi connectivity index (χ2n) is 4.24. The van der Waals surface area contributed by atoms with Gasteiger partial charge >= 0.3 is 0 Å². The number of alkyl halides is 1. The fourth-order valence-electron chi connectivity index (χ4n) is 1.97. The molecule has 1 aliphatic heterocycles. The average molecular weight is 339 g/mol. The van der Waals surface area contributed by atoms with Crippen LogP contribution in [-0.4, -0.2) is 28.7 Å². The van der Waals surface area contributed by atoms with Crippen LogP contribution in [0.15, 0.2) is 12.1 Å². The number of piperidine rings is 1. The minimum atomic E-state index is -0.789. The first kappa shape index (κ1) is 13.7. The lowest BCUT2D eigenvalue weighted by Crippen LogP contribution is -2.40. The Balaban J connectivity index is 2.25. The number of halogens is 4.